The Bertz CT molecular complexity index is 1480. The summed E-state index contributed by atoms with van der Waals surface area (Å²) < 4.78 is 1.65. The summed E-state index contributed by atoms with van der Waals surface area (Å²) in [5.74, 6) is -1.00. The quantitative estimate of drug-likeness (QED) is 0.282. The van der Waals surface area contributed by atoms with Gasteiger partial charge in [0.05, 0.1) is 22.5 Å². The van der Waals surface area contributed by atoms with Gasteiger partial charge in [0.1, 0.15) is 0 Å². The lowest BCUT2D eigenvalue weighted by molar-refractivity contribution is -0.122. The third-order valence-corrected chi connectivity index (χ3v) is 6.04. The van der Waals surface area contributed by atoms with Gasteiger partial charge >= 0.3 is 0 Å². The van der Waals surface area contributed by atoms with Gasteiger partial charge in [-0.3, -0.25) is 19.0 Å². The molecule has 0 saturated carbocycles. The average Bonchev–Trinajstić information content (AvgIpc) is 3.06. The van der Waals surface area contributed by atoms with E-state index in [4.69, 9.17) is 12.2 Å². The van der Waals surface area contributed by atoms with Gasteiger partial charge in [-0.1, -0.05) is 66.8 Å². The Balaban J connectivity index is 1.73. The van der Waals surface area contributed by atoms with Crippen LogP contribution in [-0.4, -0.2) is 27.2 Å². The van der Waals surface area contributed by atoms with Gasteiger partial charge in [0, 0.05) is 22.2 Å². The summed E-state index contributed by atoms with van der Waals surface area (Å²) in [5.41, 5.74) is 2.67. The van der Waals surface area contributed by atoms with E-state index in [1.54, 1.807) is 10.6 Å². The summed E-state index contributed by atoms with van der Waals surface area (Å²) in [7, 11) is 0. The number of nitrogens with zero attached hydrogens (tertiary/aromatic N) is 1. The van der Waals surface area contributed by atoms with E-state index < -0.39 is 5.91 Å². The molecule has 156 valence electrons. The summed E-state index contributed by atoms with van der Waals surface area (Å²) in [6.45, 7) is 1.82. The summed E-state index contributed by atoms with van der Waals surface area (Å²) in [4.78, 5) is 38.9. The molecule has 1 aliphatic heterocycles. The Hall–Kier alpha value is -3.90. The van der Waals surface area contributed by atoms with Crippen molar-refractivity contribution < 1.29 is 14.4 Å². The minimum Gasteiger partial charge on any atom is -0.316 e. The smallest absolute Gasteiger partial charge is 0.263 e. The number of carbonyl (C=O) groups excluding carboxylic acids is 3. The molecule has 0 bridgehead atoms. The molecule has 1 aliphatic rings. The van der Waals surface area contributed by atoms with Crippen molar-refractivity contribution in [2.24, 2.45) is 0 Å². The first-order valence-electron chi connectivity index (χ1n) is 10.2. The minimum absolute atomic E-state index is 0.000466. The molecular formula is C26H18N2O3S. The van der Waals surface area contributed by atoms with Crippen molar-refractivity contribution in [3.05, 3.63) is 89.1 Å². The molecule has 0 atom stereocenters. The molecule has 0 aliphatic carbocycles. The Morgan fingerprint density at radius 2 is 1.66 bits per heavy atom. The molecule has 32 heavy (non-hydrogen) atoms. The number of amides is 1. The third-order valence-electron chi connectivity index (χ3n) is 5.79. The van der Waals surface area contributed by atoms with E-state index >= 15 is 0 Å². The number of fused-ring (bicyclic) bond motifs is 2. The average molecular weight is 439 g/mol. The first-order valence-corrected chi connectivity index (χ1v) is 10.6. The maximum atomic E-state index is 13.8. The molecule has 3 aromatic carbocycles. The summed E-state index contributed by atoms with van der Waals surface area (Å²) in [6, 6.07) is 20.9. The van der Waals surface area contributed by atoms with Gasteiger partial charge in [0.15, 0.2) is 5.78 Å². The highest BCUT2D eigenvalue weighted by molar-refractivity contribution is 7.80. The van der Waals surface area contributed by atoms with Crippen molar-refractivity contribution in [1.29, 1.82) is 0 Å². The minimum atomic E-state index is -0.511. The largest absolute Gasteiger partial charge is 0.316 e. The summed E-state index contributed by atoms with van der Waals surface area (Å²) >= 11 is 4.98. The number of piperidine rings is 1. The zero-order valence-electron chi connectivity index (χ0n) is 17.2. The van der Waals surface area contributed by atoms with Crippen LogP contribution >= 0.6 is 12.2 Å². The number of thiocarbonyl (C=S) groups is 1. The van der Waals surface area contributed by atoms with Crippen molar-refractivity contribution in [2.75, 3.05) is 0 Å². The molecule has 1 saturated heterocycles. The van der Waals surface area contributed by atoms with Crippen molar-refractivity contribution in [2.45, 2.75) is 13.3 Å². The Labute approximate surface area is 189 Å². The molecule has 5 nitrogen and oxygen atoms in total. The molecule has 5 rings (SSSR count). The molecular weight excluding hydrogens is 420 g/mol. The van der Waals surface area contributed by atoms with Gasteiger partial charge in [-0.05, 0) is 35.9 Å². The second kappa shape index (κ2) is 7.66. The van der Waals surface area contributed by atoms with Crippen LogP contribution in [0.3, 0.4) is 0 Å². The van der Waals surface area contributed by atoms with Crippen LogP contribution in [0.25, 0.3) is 27.8 Å². The lowest BCUT2D eigenvalue weighted by atomic mass is 9.99. The van der Waals surface area contributed by atoms with Crippen LogP contribution in [-0.2, 0) is 9.59 Å². The zero-order valence-corrected chi connectivity index (χ0v) is 18.0. The Morgan fingerprint density at radius 1 is 0.969 bits per heavy atom. The first kappa shape index (κ1) is 20.0. The lowest BCUT2D eigenvalue weighted by Crippen LogP contribution is -2.39. The van der Waals surface area contributed by atoms with E-state index in [2.05, 4.69) is 5.32 Å². The van der Waals surface area contributed by atoms with E-state index in [0.29, 0.717) is 22.3 Å². The number of carbonyl (C=O) groups is 3. The number of nitrogens with one attached hydrogen (secondary N) is 1. The van der Waals surface area contributed by atoms with Crippen LogP contribution in [0.5, 0.6) is 0 Å². The van der Waals surface area contributed by atoms with Crippen molar-refractivity contribution >= 4 is 62.6 Å². The fourth-order valence-corrected chi connectivity index (χ4v) is 4.49. The fraction of sp³-hybridized carbons (Fsp3) is 0.0769. The molecule has 4 aromatic rings. The van der Waals surface area contributed by atoms with Crippen molar-refractivity contribution in [1.82, 2.24) is 9.88 Å². The molecule has 0 radical (unpaired) electrons. The molecule has 0 spiro atoms. The van der Waals surface area contributed by atoms with Crippen LogP contribution < -0.4 is 5.32 Å². The number of aromatic nitrogens is 1. The van der Waals surface area contributed by atoms with Crippen LogP contribution in [0, 0.1) is 6.92 Å². The molecule has 0 unspecified atom stereocenters. The molecule has 1 amide bonds. The monoisotopic (exact) mass is 438 g/mol. The maximum absolute atomic E-state index is 13.8. The Morgan fingerprint density at radius 3 is 2.44 bits per heavy atom. The second-order valence-electron chi connectivity index (χ2n) is 7.72. The number of hydrogen-bond donors (Lipinski definition) is 1. The highest BCUT2D eigenvalue weighted by Crippen LogP contribution is 2.30. The molecule has 1 N–H and O–H groups in total. The molecule has 2 heterocycles. The van der Waals surface area contributed by atoms with Crippen molar-refractivity contribution in [3.63, 3.8) is 0 Å². The van der Waals surface area contributed by atoms with E-state index in [1.165, 1.54) is 0 Å². The standard InChI is InChI=1S/C26H18N2O3S/c1-15-20(13-21-23(29)14-24(32)27-25(21)30)18-10-4-5-12-22(18)28(15)26(31)19-11-6-8-16-7-2-3-9-17(16)19/h2-13H,14H2,1H3,(H,27,30,32)/b21-13-. The van der Waals surface area contributed by atoms with Gasteiger partial charge in [-0.15, -0.1) is 0 Å². The number of benzene rings is 3. The number of ketones is 1. The van der Waals surface area contributed by atoms with Crippen molar-refractivity contribution in [3.8, 4) is 0 Å². The zero-order chi connectivity index (χ0) is 22.4. The Kier molecular flexibility index (Phi) is 4.79. The molecule has 6 heteroatoms. The van der Waals surface area contributed by atoms with Gasteiger partial charge in [0.2, 0.25) is 0 Å². The lowest BCUT2D eigenvalue weighted by Gasteiger charge is -2.14. The van der Waals surface area contributed by atoms with Crippen LogP contribution in [0.15, 0.2) is 72.3 Å². The van der Waals surface area contributed by atoms with Crippen LogP contribution in [0.2, 0.25) is 0 Å². The number of hydrogen-bond acceptors (Lipinski definition) is 4. The van der Waals surface area contributed by atoms with Crippen LogP contribution in [0.4, 0.5) is 0 Å². The van der Waals surface area contributed by atoms with Crippen LogP contribution in [0.1, 0.15) is 28.0 Å². The summed E-state index contributed by atoms with van der Waals surface area (Å²) in [5, 5.41) is 5.19. The normalized spacial score (nSPS) is 15.5. The van der Waals surface area contributed by atoms with Gasteiger partial charge in [0.25, 0.3) is 11.8 Å². The molecule has 1 aromatic heterocycles. The summed E-state index contributed by atoms with van der Waals surface area (Å²) in [6.07, 6.45) is 1.57. The predicted molar refractivity (Wildman–Crippen MR) is 129 cm³/mol. The predicted octanol–water partition coefficient (Wildman–Crippen LogP) is 4.59. The first-order chi connectivity index (χ1) is 15.5. The van der Waals surface area contributed by atoms with E-state index in [0.717, 1.165) is 16.2 Å². The fourth-order valence-electron chi connectivity index (χ4n) is 4.26. The number of rotatable bonds is 2. The maximum Gasteiger partial charge on any atom is 0.263 e. The van der Waals surface area contributed by atoms with E-state index in [9.17, 15) is 14.4 Å². The highest BCUT2D eigenvalue weighted by Gasteiger charge is 2.28. The van der Waals surface area contributed by atoms with E-state index in [-0.39, 0.29) is 28.7 Å². The molecule has 1 fully saturated rings. The highest BCUT2D eigenvalue weighted by atomic mass is 32.1. The number of para-hydroxylation sites is 1. The van der Waals surface area contributed by atoms with Gasteiger partial charge in [-0.2, -0.15) is 0 Å². The van der Waals surface area contributed by atoms with Gasteiger partial charge < -0.3 is 5.32 Å². The SMILES string of the molecule is Cc1c(/C=C2/C(=O)CC(=S)NC2=O)c2ccccc2n1C(=O)c1cccc2ccccc12. The van der Waals surface area contributed by atoms with Gasteiger partial charge in [-0.25, -0.2) is 0 Å². The van der Waals surface area contributed by atoms with E-state index in [1.807, 2.05) is 73.7 Å². The number of Topliss-reactive ketones (excluding diaryl/α,β-unsaturated/α-hetero) is 1. The third kappa shape index (κ3) is 3.16. The topological polar surface area (TPSA) is 68.2 Å². The second-order valence-corrected chi connectivity index (χ2v) is 8.21.